The Morgan fingerprint density at radius 3 is 2.39 bits per heavy atom. The molecule has 1 aliphatic heterocycles. The van der Waals surface area contributed by atoms with Crippen molar-refractivity contribution in [3.63, 3.8) is 0 Å². The van der Waals surface area contributed by atoms with Crippen LogP contribution in [0.3, 0.4) is 0 Å². The molecule has 0 saturated carbocycles. The van der Waals surface area contributed by atoms with Crippen LogP contribution in [0.15, 0.2) is 54.6 Å². The van der Waals surface area contributed by atoms with Gasteiger partial charge in [-0.05, 0) is 59.9 Å². The number of anilines is 2. The normalized spacial score (nSPS) is 14.2. The fourth-order valence-electron chi connectivity index (χ4n) is 4.04. The molecule has 172 valence electrons. The predicted octanol–water partition coefficient (Wildman–Crippen LogP) is 4.77. The lowest BCUT2D eigenvalue weighted by atomic mass is 10.1. The van der Waals surface area contributed by atoms with Crippen LogP contribution in [0.25, 0.3) is 10.8 Å². The van der Waals surface area contributed by atoms with Crippen molar-refractivity contribution in [3.05, 3.63) is 65.2 Å². The van der Waals surface area contributed by atoms with E-state index >= 15 is 0 Å². The van der Waals surface area contributed by atoms with Gasteiger partial charge in [0.25, 0.3) is 5.91 Å². The Kier molecular flexibility index (Phi) is 7.33. The maximum Gasteiger partial charge on any atom is 0.261 e. The average Bonchev–Trinajstić information content (AvgIpc) is 2.83. The zero-order valence-electron chi connectivity index (χ0n) is 18.7. The van der Waals surface area contributed by atoms with Crippen molar-refractivity contribution < 1.29 is 9.53 Å². The smallest absolute Gasteiger partial charge is 0.261 e. The van der Waals surface area contributed by atoms with Crippen LogP contribution in [-0.2, 0) is 0 Å². The number of amides is 1. The van der Waals surface area contributed by atoms with E-state index in [4.69, 9.17) is 28.6 Å². The SMILES string of the molecule is CCN1CCN(c2ccc(NC(=S)NC(=O)c3cc4ccccc4cc3OC)cc2Cl)CC1. The third kappa shape index (κ3) is 5.38. The van der Waals surface area contributed by atoms with Crippen LogP contribution in [0, 0.1) is 0 Å². The number of nitrogens with one attached hydrogen (secondary N) is 2. The first-order chi connectivity index (χ1) is 16.0. The van der Waals surface area contributed by atoms with Crippen LogP contribution in [0.5, 0.6) is 5.75 Å². The van der Waals surface area contributed by atoms with Crippen molar-refractivity contribution in [1.82, 2.24) is 10.2 Å². The molecule has 0 radical (unpaired) electrons. The summed E-state index contributed by atoms with van der Waals surface area (Å²) in [5.41, 5.74) is 2.14. The number of hydrogen-bond donors (Lipinski definition) is 2. The fourth-order valence-corrected chi connectivity index (χ4v) is 4.56. The van der Waals surface area contributed by atoms with Gasteiger partial charge in [0.1, 0.15) is 5.75 Å². The summed E-state index contributed by atoms with van der Waals surface area (Å²) >= 11 is 11.9. The first kappa shape index (κ1) is 23.3. The van der Waals surface area contributed by atoms with Crippen molar-refractivity contribution in [2.24, 2.45) is 0 Å². The second kappa shape index (κ2) is 10.4. The summed E-state index contributed by atoms with van der Waals surface area (Å²) in [7, 11) is 1.54. The van der Waals surface area contributed by atoms with Gasteiger partial charge < -0.3 is 19.9 Å². The Labute approximate surface area is 204 Å². The van der Waals surface area contributed by atoms with Gasteiger partial charge in [-0.2, -0.15) is 0 Å². The highest BCUT2D eigenvalue weighted by atomic mass is 35.5. The predicted molar refractivity (Wildman–Crippen MR) is 140 cm³/mol. The van der Waals surface area contributed by atoms with Crippen molar-refractivity contribution >= 4 is 57.0 Å². The number of nitrogens with zero attached hydrogens (tertiary/aromatic N) is 2. The molecule has 0 unspecified atom stereocenters. The van der Waals surface area contributed by atoms with E-state index in [0.717, 1.165) is 49.2 Å². The summed E-state index contributed by atoms with van der Waals surface area (Å²) in [5, 5.41) is 8.57. The number of piperazine rings is 1. The molecule has 0 bridgehead atoms. The minimum atomic E-state index is -0.341. The van der Waals surface area contributed by atoms with Gasteiger partial charge in [-0.25, -0.2) is 0 Å². The molecular weight excluding hydrogens is 456 g/mol. The second-order valence-electron chi connectivity index (χ2n) is 7.90. The quantitative estimate of drug-likeness (QED) is 0.511. The molecule has 1 heterocycles. The van der Waals surface area contributed by atoms with E-state index < -0.39 is 0 Å². The van der Waals surface area contributed by atoms with E-state index in [9.17, 15) is 4.79 Å². The van der Waals surface area contributed by atoms with Gasteiger partial charge >= 0.3 is 0 Å². The van der Waals surface area contributed by atoms with E-state index in [1.807, 2.05) is 48.5 Å². The largest absolute Gasteiger partial charge is 0.496 e. The monoisotopic (exact) mass is 482 g/mol. The molecule has 8 heteroatoms. The number of rotatable bonds is 5. The van der Waals surface area contributed by atoms with Crippen molar-refractivity contribution in [3.8, 4) is 5.75 Å². The summed E-state index contributed by atoms with van der Waals surface area (Å²) in [6, 6.07) is 17.2. The number of ether oxygens (including phenoxy) is 1. The van der Waals surface area contributed by atoms with Gasteiger partial charge in [-0.15, -0.1) is 0 Å². The number of carbonyl (C=O) groups is 1. The second-order valence-corrected chi connectivity index (χ2v) is 8.71. The van der Waals surface area contributed by atoms with E-state index in [0.29, 0.717) is 22.0 Å². The summed E-state index contributed by atoms with van der Waals surface area (Å²) in [6.45, 7) is 7.20. The molecule has 2 N–H and O–H groups in total. The van der Waals surface area contributed by atoms with Crippen LogP contribution in [-0.4, -0.2) is 55.8 Å². The van der Waals surface area contributed by atoms with Crippen LogP contribution in [0.2, 0.25) is 5.02 Å². The number of carbonyl (C=O) groups excluding carboxylic acids is 1. The summed E-state index contributed by atoms with van der Waals surface area (Å²) in [4.78, 5) is 17.6. The third-order valence-electron chi connectivity index (χ3n) is 5.91. The van der Waals surface area contributed by atoms with E-state index in [1.165, 1.54) is 0 Å². The third-order valence-corrected chi connectivity index (χ3v) is 6.41. The van der Waals surface area contributed by atoms with Gasteiger partial charge in [0.2, 0.25) is 0 Å². The van der Waals surface area contributed by atoms with E-state index in [2.05, 4.69) is 27.4 Å². The lowest BCUT2D eigenvalue weighted by Crippen LogP contribution is -2.46. The lowest BCUT2D eigenvalue weighted by molar-refractivity contribution is 0.0975. The molecule has 0 atom stereocenters. The topological polar surface area (TPSA) is 56.8 Å². The molecule has 0 aromatic heterocycles. The Hall–Kier alpha value is -2.87. The standard InChI is InChI=1S/C25H27ClN4O2S/c1-3-29-10-12-30(13-11-29)22-9-8-19(16-21(22)26)27-25(33)28-24(31)20-14-17-6-4-5-7-18(17)15-23(20)32-2/h4-9,14-16H,3,10-13H2,1-2H3,(H2,27,28,31,33). The average molecular weight is 483 g/mol. The van der Waals surface area contributed by atoms with Crippen molar-refractivity contribution in [2.75, 3.05) is 50.1 Å². The van der Waals surface area contributed by atoms with E-state index in [1.54, 1.807) is 13.2 Å². The fraction of sp³-hybridized carbons (Fsp3) is 0.280. The molecule has 3 aromatic rings. The molecule has 3 aromatic carbocycles. The van der Waals surface area contributed by atoms with Gasteiger partial charge in [0, 0.05) is 31.9 Å². The molecule has 0 aliphatic carbocycles. The first-order valence-corrected chi connectivity index (χ1v) is 11.7. The minimum absolute atomic E-state index is 0.190. The van der Waals surface area contributed by atoms with Crippen LogP contribution in [0.4, 0.5) is 11.4 Å². The maximum atomic E-state index is 12.9. The number of benzene rings is 3. The van der Waals surface area contributed by atoms with Crippen LogP contribution < -0.4 is 20.3 Å². The Morgan fingerprint density at radius 1 is 1.06 bits per heavy atom. The molecule has 1 aliphatic rings. The molecular formula is C25H27ClN4O2S. The lowest BCUT2D eigenvalue weighted by Gasteiger charge is -2.36. The number of thiocarbonyl (C=S) groups is 1. The van der Waals surface area contributed by atoms with Gasteiger partial charge in [0.05, 0.1) is 23.4 Å². The number of likely N-dealkylation sites (N-methyl/N-ethyl adjacent to an activating group) is 1. The van der Waals surface area contributed by atoms with Crippen LogP contribution >= 0.6 is 23.8 Å². The number of hydrogen-bond acceptors (Lipinski definition) is 5. The van der Waals surface area contributed by atoms with E-state index in [-0.39, 0.29) is 11.0 Å². The van der Waals surface area contributed by atoms with Gasteiger partial charge in [0.15, 0.2) is 5.11 Å². The van der Waals surface area contributed by atoms with Crippen molar-refractivity contribution in [2.45, 2.75) is 6.92 Å². The minimum Gasteiger partial charge on any atom is -0.496 e. The summed E-state index contributed by atoms with van der Waals surface area (Å²) < 4.78 is 5.43. The number of fused-ring (bicyclic) bond motifs is 1. The molecule has 6 nitrogen and oxygen atoms in total. The molecule has 1 fully saturated rings. The molecule has 33 heavy (non-hydrogen) atoms. The highest BCUT2D eigenvalue weighted by Gasteiger charge is 2.19. The van der Waals surface area contributed by atoms with Crippen molar-refractivity contribution in [1.29, 1.82) is 0 Å². The Balaban J connectivity index is 1.42. The maximum absolute atomic E-state index is 12.9. The molecule has 4 rings (SSSR count). The summed E-state index contributed by atoms with van der Waals surface area (Å²) in [5.74, 6) is 0.149. The number of halogens is 1. The van der Waals surface area contributed by atoms with Gasteiger partial charge in [-0.1, -0.05) is 42.8 Å². The first-order valence-electron chi connectivity index (χ1n) is 10.9. The Bertz CT molecular complexity index is 1180. The van der Waals surface area contributed by atoms with Crippen LogP contribution in [0.1, 0.15) is 17.3 Å². The summed E-state index contributed by atoms with van der Waals surface area (Å²) in [6.07, 6.45) is 0. The molecule has 1 amide bonds. The number of methoxy groups -OCH3 is 1. The zero-order valence-corrected chi connectivity index (χ0v) is 20.3. The highest BCUT2D eigenvalue weighted by molar-refractivity contribution is 7.80. The molecule has 0 spiro atoms. The zero-order chi connectivity index (χ0) is 23.4. The Morgan fingerprint density at radius 2 is 1.76 bits per heavy atom. The highest BCUT2D eigenvalue weighted by Crippen LogP contribution is 2.30. The van der Waals surface area contributed by atoms with Gasteiger partial charge in [-0.3, -0.25) is 10.1 Å². The molecule has 1 saturated heterocycles.